The van der Waals surface area contributed by atoms with Crippen molar-refractivity contribution in [2.45, 2.75) is 31.8 Å². The van der Waals surface area contributed by atoms with E-state index in [0.29, 0.717) is 24.2 Å². The second-order valence-electron chi connectivity index (χ2n) is 5.69. The van der Waals surface area contributed by atoms with E-state index in [1.807, 2.05) is 6.07 Å². The highest BCUT2D eigenvalue weighted by molar-refractivity contribution is 6.10. The van der Waals surface area contributed by atoms with Crippen molar-refractivity contribution in [3.63, 3.8) is 0 Å². The highest BCUT2D eigenvalue weighted by Gasteiger charge is 2.24. The highest BCUT2D eigenvalue weighted by Crippen LogP contribution is 2.28. The molecule has 4 heteroatoms. The number of hydrogen-bond donors (Lipinski definition) is 1. The molecule has 0 aliphatic heterocycles. The topological polar surface area (TPSA) is 63.6 Å². The van der Waals surface area contributed by atoms with E-state index < -0.39 is 6.10 Å². The summed E-state index contributed by atoms with van der Waals surface area (Å²) in [6, 6.07) is 13.3. The number of carbonyl (C=O) groups is 2. The van der Waals surface area contributed by atoms with Gasteiger partial charge < -0.3 is 9.84 Å². The predicted molar refractivity (Wildman–Crippen MR) is 85.9 cm³/mol. The number of hydrogen-bond acceptors (Lipinski definition) is 4. The summed E-state index contributed by atoms with van der Waals surface area (Å²) in [6.45, 7) is 0. The second-order valence-corrected chi connectivity index (χ2v) is 5.69. The molecule has 0 heterocycles. The number of ether oxygens (including phenoxy) is 1. The van der Waals surface area contributed by atoms with Crippen molar-refractivity contribution in [3.8, 4) is 11.5 Å². The van der Waals surface area contributed by atoms with Gasteiger partial charge in [0.2, 0.25) is 0 Å². The maximum absolute atomic E-state index is 12.4. The van der Waals surface area contributed by atoms with Crippen molar-refractivity contribution >= 4 is 11.6 Å². The number of rotatable bonds is 4. The molecule has 118 valence electrons. The summed E-state index contributed by atoms with van der Waals surface area (Å²) in [6.07, 6.45) is 2.67. The molecule has 0 bridgehead atoms. The lowest BCUT2D eigenvalue weighted by Crippen LogP contribution is -2.30. The molecule has 1 atom stereocenters. The summed E-state index contributed by atoms with van der Waals surface area (Å²) in [7, 11) is 0. The quantitative estimate of drug-likeness (QED) is 0.878. The molecule has 0 spiro atoms. The Morgan fingerprint density at radius 1 is 1.09 bits per heavy atom. The lowest BCUT2D eigenvalue weighted by atomic mass is 9.96. The molecule has 2 aromatic rings. The van der Waals surface area contributed by atoms with Gasteiger partial charge in [-0.1, -0.05) is 30.3 Å². The van der Waals surface area contributed by atoms with Crippen LogP contribution in [0, 0.1) is 0 Å². The number of Topliss-reactive ketones (excluding diaryl/α,β-unsaturated/α-hetero) is 1. The molecule has 2 aromatic carbocycles. The molecule has 1 fully saturated rings. The SMILES string of the molecule is O=C(c1ccccc1)c1ccc(OC2CCCCC2=O)cc1O. The molecule has 1 aliphatic carbocycles. The van der Waals surface area contributed by atoms with Crippen LogP contribution in [0.5, 0.6) is 11.5 Å². The van der Waals surface area contributed by atoms with Gasteiger partial charge in [-0.25, -0.2) is 0 Å². The Hall–Kier alpha value is -2.62. The van der Waals surface area contributed by atoms with E-state index in [1.165, 1.54) is 12.1 Å². The molecular weight excluding hydrogens is 292 g/mol. The standard InChI is InChI=1S/C19H18O4/c20-16-8-4-5-9-18(16)23-14-10-11-15(17(21)12-14)19(22)13-6-2-1-3-7-13/h1-3,6-7,10-12,18,21H,4-5,8-9H2. The summed E-state index contributed by atoms with van der Waals surface area (Å²) < 4.78 is 5.67. The van der Waals surface area contributed by atoms with Gasteiger partial charge in [-0.3, -0.25) is 9.59 Å². The maximum Gasteiger partial charge on any atom is 0.196 e. The molecule has 23 heavy (non-hydrogen) atoms. The van der Waals surface area contributed by atoms with Gasteiger partial charge in [-0.2, -0.15) is 0 Å². The van der Waals surface area contributed by atoms with E-state index in [4.69, 9.17) is 4.74 Å². The Balaban J connectivity index is 1.78. The summed E-state index contributed by atoms with van der Waals surface area (Å²) in [5.74, 6) is 0.121. The minimum atomic E-state index is -0.446. The fourth-order valence-corrected chi connectivity index (χ4v) is 2.76. The molecule has 0 saturated heterocycles. The van der Waals surface area contributed by atoms with E-state index in [1.54, 1.807) is 30.3 Å². The van der Waals surface area contributed by atoms with Crippen LogP contribution in [0.3, 0.4) is 0 Å². The van der Waals surface area contributed by atoms with Crippen LogP contribution in [0.15, 0.2) is 48.5 Å². The van der Waals surface area contributed by atoms with Crippen molar-refractivity contribution in [1.29, 1.82) is 0 Å². The first-order chi connectivity index (χ1) is 11.1. The number of ketones is 2. The van der Waals surface area contributed by atoms with Gasteiger partial charge in [0.1, 0.15) is 11.5 Å². The van der Waals surface area contributed by atoms with E-state index in [-0.39, 0.29) is 22.9 Å². The summed E-state index contributed by atoms with van der Waals surface area (Å²) >= 11 is 0. The lowest BCUT2D eigenvalue weighted by Gasteiger charge is -2.22. The minimum absolute atomic E-state index is 0.0974. The minimum Gasteiger partial charge on any atom is -0.507 e. The fourth-order valence-electron chi connectivity index (χ4n) is 2.76. The zero-order valence-electron chi connectivity index (χ0n) is 12.7. The monoisotopic (exact) mass is 310 g/mol. The summed E-state index contributed by atoms with van der Waals surface area (Å²) in [5, 5.41) is 10.1. The highest BCUT2D eigenvalue weighted by atomic mass is 16.5. The van der Waals surface area contributed by atoms with Crippen molar-refractivity contribution in [2.24, 2.45) is 0 Å². The van der Waals surface area contributed by atoms with Gasteiger partial charge >= 0.3 is 0 Å². The Labute approximate surface area is 134 Å². The van der Waals surface area contributed by atoms with Crippen LogP contribution >= 0.6 is 0 Å². The van der Waals surface area contributed by atoms with Crippen molar-refractivity contribution in [2.75, 3.05) is 0 Å². The fraction of sp³-hybridized carbons (Fsp3) is 0.263. The Kier molecular flexibility index (Phi) is 4.42. The van der Waals surface area contributed by atoms with Gasteiger partial charge in [0.05, 0.1) is 5.56 Å². The average molecular weight is 310 g/mol. The number of benzene rings is 2. The third-order valence-electron chi connectivity index (χ3n) is 4.03. The van der Waals surface area contributed by atoms with E-state index in [0.717, 1.165) is 12.8 Å². The third kappa shape index (κ3) is 3.42. The van der Waals surface area contributed by atoms with Gasteiger partial charge in [0.25, 0.3) is 0 Å². The lowest BCUT2D eigenvalue weighted by molar-refractivity contribution is -0.127. The van der Waals surface area contributed by atoms with Crippen LogP contribution in [-0.4, -0.2) is 22.8 Å². The average Bonchev–Trinajstić information content (AvgIpc) is 2.57. The van der Waals surface area contributed by atoms with Crippen molar-refractivity contribution in [1.82, 2.24) is 0 Å². The van der Waals surface area contributed by atoms with Crippen LogP contribution in [-0.2, 0) is 4.79 Å². The predicted octanol–water partition coefficient (Wildman–Crippen LogP) is 3.51. The van der Waals surface area contributed by atoms with Gasteiger partial charge in [0.15, 0.2) is 17.7 Å². The number of phenolic OH excluding ortho intramolecular Hbond substituents is 1. The first-order valence-corrected chi connectivity index (χ1v) is 7.77. The second kappa shape index (κ2) is 6.65. The van der Waals surface area contributed by atoms with Crippen LogP contribution in [0.4, 0.5) is 0 Å². The molecule has 0 amide bonds. The molecule has 4 nitrogen and oxygen atoms in total. The molecule has 1 N–H and O–H groups in total. The van der Waals surface area contributed by atoms with Crippen molar-refractivity contribution < 1.29 is 19.4 Å². The molecular formula is C19H18O4. The smallest absolute Gasteiger partial charge is 0.196 e. The van der Waals surface area contributed by atoms with Gasteiger partial charge in [0, 0.05) is 18.1 Å². The zero-order valence-corrected chi connectivity index (χ0v) is 12.7. The first-order valence-electron chi connectivity index (χ1n) is 7.77. The van der Waals surface area contributed by atoms with Crippen LogP contribution < -0.4 is 4.74 Å². The van der Waals surface area contributed by atoms with Crippen LogP contribution in [0.1, 0.15) is 41.6 Å². The Morgan fingerprint density at radius 2 is 1.87 bits per heavy atom. The number of phenols is 1. The van der Waals surface area contributed by atoms with E-state index >= 15 is 0 Å². The molecule has 1 unspecified atom stereocenters. The molecule has 1 saturated carbocycles. The Bertz CT molecular complexity index is 721. The molecule has 0 aromatic heterocycles. The zero-order chi connectivity index (χ0) is 16.2. The molecule has 1 aliphatic rings. The van der Waals surface area contributed by atoms with E-state index in [9.17, 15) is 14.7 Å². The molecule has 3 rings (SSSR count). The normalized spacial score (nSPS) is 17.7. The summed E-state index contributed by atoms with van der Waals surface area (Å²) in [5.41, 5.74) is 0.734. The number of carbonyl (C=O) groups excluding carboxylic acids is 2. The van der Waals surface area contributed by atoms with Crippen LogP contribution in [0.25, 0.3) is 0 Å². The van der Waals surface area contributed by atoms with Crippen LogP contribution in [0.2, 0.25) is 0 Å². The largest absolute Gasteiger partial charge is 0.507 e. The number of aromatic hydroxyl groups is 1. The van der Waals surface area contributed by atoms with Gasteiger partial charge in [-0.15, -0.1) is 0 Å². The van der Waals surface area contributed by atoms with Gasteiger partial charge in [-0.05, 0) is 31.4 Å². The summed E-state index contributed by atoms with van der Waals surface area (Å²) in [4.78, 5) is 24.2. The molecule has 0 radical (unpaired) electrons. The Morgan fingerprint density at radius 3 is 2.57 bits per heavy atom. The van der Waals surface area contributed by atoms with Crippen molar-refractivity contribution in [3.05, 3.63) is 59.7 Å². The van der Waals surface area contributed by atoms with E-state index in [2.05, 4.69) is 0 Å². The third-order valence-corrected chi connectivity index (χ3v) is 4.03. The maximum atomic E-state index is 12.4. The first kappa shape index (κ1) is 15.3.